The second-order valence-corrected chi connectivity index (χ2v) is 3.62. The Labute approximate surface area is 81.3 Å². The van der Waals surface area contributed by atoms with Crippen LogP contribution in [0.25, 0.3) is 6.08 Å². The van der Waals surface area contributed by atoms with Crippen LogP contribution in [0.1, 0.15) is 35.6 Å². The molecule has 0 fully saturated rings. The molecule has 0 heterocycles. The van der Waals surface area contributed by atoms with E-state index in [0.717, 1.165) is 6.42 Å². The maximum absolute atomic E-state index is 2.24. The van der Waals surface area contributed by atoms with Crippen LogP contribution in [-0.2, 0) is 0 Å². The van der Waals surface area contributed by atoms with Crippen molar-refractivity contribution in [3.8, 4) is 0 Å². The molecule has 0 radical (unpaired) electrons. The molecule has 0 heteroatoms. The number of rotatable bonds is 2. The number of benzene rings is 1. The van der Waals surface area contributed by atoms with Crippen LogP contribution in [0.3, 0.4) is 0 Å². The molecule has 1 aromatic carbocycles. The van der Waals surface area contributed by atoms with E-state index in [-0.39, 0.29) is 0 Å². The summed E-state index contributed by atoms with van der Waals surface area (Å²) in [6, 6.07) is 4.48. The molecule has 0 saturated carbocycles. The summed E-state index contributed by atoms with van der Waals surface area (Å²) < 4.78 is 0. The first-order chi connectivity index (χ1) is 6.15. The van der Waals surface area contributed by atoms with Crippen molar-refractivity contribution in [1.29, 1.82) is 0 Å². The second kappa shape index (κ2) is 4.27. The van der Waals surface area contributed by atoms with Gasteiger partial charge >= 0.3 is 0 Å². The summed E-state index contributed by atoms with van der Waals surface area (Å²) >= 11 is 0. The number of allylic oxidation sites excluding steroid dienone is 1. The smallest absolute Gasteiger partial charge is 0.0201 e. The van der Waals surface area contributed by atoms with Crippen molar-refractivity contribution in [3.05, 3.63) is 40.5 Å². The Morgan fingerprint density at radius 1 is 1.08 bits per heavy atom. The van der Waals surface area contributed by atoms with E-state index < -0.39 is 0 Å². The number of aryl methyl sites for hydroxylation is 3. The fraction of sp³-hybridized carbons (Fsp3) is 0.385. The zero-order chi connectivity index (χ0) is 9.84. The van der Waals surface area contributed by atoms with Crippen LogP contribution in [0.4, 0.5) is 0 Å². The van der Waals surface area contributed by atoms with E-state index >= 15 is 0 Å². The molecule has 1 rings (SSSR count). The van der Waals surface area contributed by atoms with Gasteiger partial charge in [0, 0.05) is 0 Å². The van der Waals surface area contributed by atoms with Gasteiger partial charge in [0.2, 0.25) is 0 Å². The molecule has 0 saturated heterocycles. The number of hydrogen-bond acceptors (Lipinski definition) is 0. The lowest BCUT2D eigenvalue weighted by molar-refractivity contribution is 1.23. The topological polar surface area (TPSA) is 0 Å². The Hall–Kier alpha value is -1.04. The molecule has 0 N–H and O–H groups in total. The molecule has 0 atom stereocenters. The molecule has 0 unspecified atom stereocenters. The van der Waals surface area contributed by atoms with Gasteiger partial charge in [0.25, 0.3) is 0 Å². The second-order valence-electron chi connectivity index (χ2n) is 3.62. The Bertz CT molecular complexity index is 296. The molecule has 70 valence electrons. The zero-order valence-corrected chi connectivity index (χ0v) is 9.02. The van der Waals surface area contributed by atoms with E-state index in [0.29, 0.717) is 0 Å². The van der Waals surface area contributed by atoms with Gasteiger partial charge in [-0.05, 0) is 43.9 Å². The van der Waals surface area contributed by atoms with Crippen LogP contribution in [0, 0.1) is 20.8 Å². The van der Waals surface area contributed by atoms with E-state index in [1.807, 2.05) is 0 Å². The minimum atomic E-state index is 1.10. The third kappa shape index (κ3) is 2.45. The maximum atomic E-state index is 2.24. The van der Waals surface area contributed by atoms with Gasteiger partial charge in [-0.2, -0.15) is 0 Å². The molecular formula is C13H18. The molecule has 0 bridgehead atoms. The van der Waals surface area contributed by atoms with Crippen molar-refractivity contribution in [2.24, 2.45) is 0 Å². The summed E-state index contributed by atoms with van der Waals surface area (Å²) in [6.45, 7) is 8.66. The van der Waals surface area contributed by atoms with Crippen LogP contribution < -0.4 is 0 Å². The van der Waals surface area contributed by atoms with Gasteiger partial charge < -0.3 is 0 Å². The maximum Gasteiger partial charge on any atom is -0.0201 e. The summed E-state index contributed by atoms with van der Waals surface area (Å²) in [6.07, 6.45) is 5.54. The van der Waals surface area contributed by atoms with E-state index in [2.05, 4.69) is 52.0 Å². The molecule has 0 aliphatic rings. The largest absolute Gasteiger partial charge is 0.0842 e. The molecule has 0 aliphatic carbocycles. The van der Waals surface area contributed by atoms with E-state index in [1.54, 1.807) is 0 Å². The molecule has 0 aromatic heterocycles. The van der Waals surface area contributed by atoms with Gasteiger partial charge in [-0.3, -0.25) is 0 Å². The fourth-order valence-corrected chi connectivity index (χ4v) is 1.69. The van der Waals surface area contributed by atoms with Crippen molar-refractivity contribution in [3.63, 3.8) is 0 Å². The predicted octanol–water partition coefficient (Wildman–Crippen LogP) is 4.04. The lowest BCUT2D eigenvalue weighted by atomic mass is 9.99. The summed E-state index contributed by atoms with van der Waals surface area (Å²) in [5.41, 5.74) is 5.49. The van der Waals surface area contributed by atoms with Crippen LogP contribution in [0.2, 0.25) is 0 Å². The standard InChI is InChI=1S/C13H18/c1-5-6-7-13-11(3)8-10(2)9-12(13)4/h6-9H,5H2,1-4H3/b7-6-. The average Bonchev–Trinajstić information content (AvgIpc) is 2.02. The normalized spacial score (nSPS) is 11.1. The molecule has 0 aliphatic heterocycles. The summed E-state index contributed by atoms with van der Waals surface area (Å²) in [5.74, 6) is 0. The third-order valence-corrected chi connectivity index (χ3v) is 2.26. The first-order valence-electron chi connectivity index (χ1n) is 4.89. The van der Waals surface area contributed by atoms with Crippen molar-refractivity contribution in [1.82, 2.24) is 0 Å². The highest BCUT2D eigenvalue weighted by atomic mass is 14.0. The van der Waals surface area contributed by atoms with Gasteiger partial charge in [0.05, 0.1) is 0 Å². The molecule has 1 aromatic rings. The van der Waals surface area contributed by atoms with Gasteiger partial charge in [-0.15, -0.1) is 0 Å². The van der Waals surface area contributed by atoms with Crippen LogP contribution >= 0.6 is 0 Å². The molecule has 0 nitrogen and oxygen atoms in total. The summed E-state index contributed by atoms with van der Waals surface area (Å²) in [5, 5.41) is 0. The highest BCUT2D eigenvalue weighted by molar-refractivity contribution is 5.58. The predicted molar refractivity (Wildman–Crippen MR) is 60.0 cm³/mol. The fourth-order valence-electron chi connectivity index (χ4n) is 1.69. The molecule has 13 heavy (non-hydrogen) atoms. The average molecular weight is 174 g/mol. The Morgan fingerprint density at radius 3 is 2.08 bits per heavy atom. The minimum Gasteiger partial charge on any atom is -0.0842 e. The van der Waals surface area contributed by atoms with Crippen molar-refractivity contribution in [2.45, 2.75) is 34.1 Å². The minimum absolute atomic E-state index is 1.10. The monoisotopic (exact) mass is 174 g/mol. The first-order valence-corrected chi connectivity index (χ1v) is 4.89. The molecule has 0 amide bonds. The summed E-state index contributed by atoms with van der Waals surface area (Å²) in [7, 11) is 0. The van der Waals surface area contributed by atoms with Crippen LogP contribution in [0.15, 0.2) is 18.2 Å². The Morgan fingerprint density at radius 2 is 1.62 bits per heavy atom. The first kappa shape index (κ1) is 10.0. The quantitative estimate of drug-likeness (QED) is 0.635. The molecular weight excluding hydrogens is 156 g/mol. The van der Waals surface area contributed by atoms with Crippen LogP contribution in [0.5, 0.6) is 0 Å². The lowest BCUT2D eigenvalue weighted by Crippen LogP contribution is -1.87. The van der Waals surface area contributed by atoms with E-state index in [1.165, 1.54) is 22.3 Å². The van der Waals surface area contributed by atoms with Gasteiger partial charge in [0.1, 0.15) is 0 Å². The summed E-state index contributed by atoms with van der Waals surface area (Å²) in [4.78, 5) is 0. The van der Waals surface area contributed by atoms with E-state index in [4.69, 9.17) is 0 Å². The van der Waals surface area contributed by atoms with Gasteiger partial charge in [-0.25, -0.2) is 0 Å². The van der Waals surface area contributed by atoms with Crippen molar-refractivity contribution >= 4 is 6.08 Å². The highest BCUT2D eigenvalue weighted by Crippen LogP contribution is 2.17. The van der Waals surface area contributed by atoms with Crippen molar-refractivity contribution in [2.75, 3.05) is 0 Å². The SMILES string of the molecule is CC/C=C\c1c(C)cc(C)cc1C. The van der Waals surface area contributed by atoms with E-state index in [9.17, 15) is 0 Å². The Balaban J connectivity index is 3.13. The van der Waals surface area contributed by atoms with Gasteiger partial charge in [0.15, 0.2) is 0 Å². The number of hydrogen-bond donors (Lipinski definition) is 0. The molecule has 0 spiro atoms. The van der Waals surface area contributed by atoms with Gasteiger partial charge in [-0.1, -0.05) is 36.8 Å². The lowest BCUT2D eigenvalue weighted by Gasteiger charge is -2.06. The van der Waals surface area contributed by atoms with Crippen molar-refractivity contribution < 1.29 is 0 Å². The Kier molecular flexibility index (Phi) is 3.30. The third-order valence-electron chi connectivity index (χ3n) is 2.26. The van der Waals surface area contributed by atoms with Crippen LogP contribution in [-0.4, -0.2) is 0 Å². The highest BCUT2D eigenvalue weighted by Gasteiger charge is 1.98. The zero-order valence-electron chi connectivity index (χ0n) is 9.02.